The summed E-state index contributed by atoms with van der Waals surface area (Å²) in [7, 11) is 0. The molecule has 0 saturated heterocycles. The lowest BCUT2D eigenvalue weighted by Crippen LogP contribution is -2.14. The van der Waals surface area contributed by atoms with Crippen molar-refractivity contribution in [1.29, 1.82) is 0 Å². The van der Waals surface area contributed by atoms with Crippen molar-refractivity contribution in [2.24, 2.45) is 0 Å². The highest BCUT2D eigenvalue weighted by Crippen LogP contribution is 2.35. The Hall–Kier alpha value is -3.06. The highest BCUT2D eigenvalue weighted by molar-refractivity contribution is 8.00. The smallest absolute Gasteiger partial charge is 0.313 e. The average Bonchev–Trinajstić information content (AvgIpc) is 3.25. The normalized spacial score (nSPS) is 11.9. The number of rotatable bonds is 6. The van der Waals surface area contributed by atoms with Gasteiger partial charge in [-0.05, 0) is 24.5 Å². The Morgan fingerprint density at radius 1 is 1.13 bits per heavy atom. The molecule has 0 aliphatic rings. The van der Waals surface area contributed by atoms with Crippen LogP contribution in [0.25, 0.3) is 17.0 Å². The van der Waals surface area contributed by atoms with Crippen molar-refractivity contribution in [3.8, 4) is 11.4 Å². The number of aliphatic carboxylic acids is 1. The number of aryl methyl sites for hydroxylation is 1. The molecule has 0 bridgehead atoms. The molecule has 2 N–H and O–H groups in total. The van der Waals surface area contributed by atoms with Crippen molar-refractivity contribution in [3.05, 3.63) is 70.9 Å². The number of carbonyl (C=O) groups is 1. The molecule has 2 aromatic carbocycles. The van der Waals surface area contributed by atoms with Crippen LogP contribution in [-0.4, -0.2) is 36.6 Å². The number of carboxylic acid groups (broad SMARTS) is 1. The van der Waals surface area contributed by atoms with Gasteiger partial charge in [-0.3, -0.25) is 9.89 Å². The maximum atomic E-state index is 11.1. The molecular weight excluding hydrogens is 408 g/mol. The van der Waals surface area contributed by atoms with Gasteiger partial charge in [0.15, 0.2) is 11.5 Å². The van der Waals surface area contributed by atoms with Crippen LogP contribution >= 0.6 is 11.8 Å². The van der Waals surface area contributed by atoms with Gasteiger partial charge in [0.1, 0.15) is 0 Å². The van der Waals surface area contributed by atoms with Crippen LogP contribution in [0.15, 0.2) is 53.4 Å². The van der Waals surface area contributed by atoms with E-state index in [4.69, 9.17) is 10.1 Å². The lowest BCUT2D eigenvalue weighted by molar-refractivity contribution is -0.133. The van der Waals surface area contributed by atoms with Crippen LogP contribution in [-0.2, 0) is 16.6 Å². The molecule has 6 nitrogen and oxygen atoms in total. The maximum Gasteiger partial charge on any atom is 0.313 e. The quantitative estimate of drug-likeness (QED) is 0.413. The molecule has 0 aliphatic heterocycles. The van der Waals surface area contributed by atoms with Crippen molar-refractivity contribution in [1.82, 2.24) is 19.8 Å². The molecule has 0 unspecified atom stereocenters. The predicted octanol–water partition coefficient (Wildman–Crippen LogP) is 5.10. The fourth-order valence-electron chi connectivity index (χ4n) is 3.54. The molecule has 0 fully saturated rings. The number of thioether (sulfide) groups is 1. The van der Waals surface area contributed by atoms with E-state index in [9.17, 15) is 4.79 Å². The van der Waals surface area contributed by atoms with Gasteiger partial charge in [-0.15, -0.1) is 16.9 Å². The lowest BCUT2D eigenvalue weighted by Gasteiger charge is -2.17. The summed E-state index contributed by atoms with van der Waals surface area (Å²) in [6.07, 6.45) is 0.879. The van der Waals surface area contributed by atoms with E-state index in [0.717, 1.165) is 22.6 Å². The minimum absolute atomic E-state index is 0.0214. The van der Waals surface area contributed by atoms with Gasteiger partial charge in [0.25, 0.3) is 0 Å². The Balaban J connectivity index is 1.63. The van der Waals surface area contributed by atoms with Crippen LogP contribution in [0.2, 0.25) is 0 Å². The Morgan fingerprint density at radius 2 is 1.87 bits per heavy atom. The number of carboxylic acids is 1. The summed E-state index contributed by atoms with van der Waals surface area (Å²) in [5, 5.41) is 17.1. The van der Waals surface area contributed by atoms with Gasteiger partial charge in [-0.25, -0.2) is 4.98 Å². The third kappa shape index (κ3) is 4.66. The van der Waals surface area contributed by atoms with Crippen molar-refractivity contribution in [3.63, 3.8) is 0 Å². The number of H-pyrrole nitrogens is 1. The molecule has 0 atom stereocenters. The zero-order chi connectivity index (χ0) is 22.2. The number of aromatic amines is 1. The minimum Gasteiger partial charge on any atom is -0.481 e. The first kappa shape index (κ1) is 21.2. The molecule has 4 rings (SSSR count). The predicted molar refractivity (Wildman–Crippen MR) is 124 cm³/mol. The summed E-state index contributed by atoms with van der Waals surface area (Å²) < 4.78 is 1.65. The summed E-state index contributed by atoms with van der Waals surface area (Å²) in [6.45, 7) is 8.34. The molecule has 160 valence electrons. The number of nitrogens with one attached hydrogen (secondary N) is 1. The van der Waals surface area contributed by atoms with Gasteiger partial charge in [0, 0.05) is 11.0 Å². The van der Waals surface area contributed by atoms with Crippen LogP contribution in [0.3, 0.4) is 0 Å². The zero-order valence-corrected chi connectivity index (χ0v) is 19.0. The van der Waals surface area contributed by atoms with E-state index in [1.165, 1.54) is 28.5 Å². The molecule has 0 aliphatic carbocycles. The second kappa shape index (κ2) is 8.23. The minimum atomic E-state index is -0.854. The molecule has 31 heavy (non-hydrogen) atoms. The topological polar surface area (TPSA) is 83.3 Å². The van der Waals surface area contributed by atoms with Crippen LogP contribution in [0.4, 0.5) is 0 Å². The van der Waals surface area contributed by atoms with E-state index in [2.05, 4.69) is 74.3 Å². The number of nitrogens with zero attached hydrogens (tertiary/aromatic N) is 3. The van der Waals surface area contributed by atoms with Crippen molar-refractivity contribution in [2.45, 2.75) is 44.4 Å². The molecule has 0 radical (unpaired) electrons. The molecular formula is C24H26N4O2S. The Morgan fingerprint density at radius 3 is 2.52 bits per heavy atom. The first-order valence-corrected chi connectivity index (χ1v) is 11.2. The molecule has 2 aromatic heterocycles. The molecule has 4 aromatic rings. The first-order valence-electron chi connectivity index (χ1n) is 10.2. The second-order valence-corrected chi connectivity index (χ2v) is 9.77. The van der Waals surface area contributed by atoms with Crippen LogP contribution < -0.4 is 0 Å². The molecule has 0 spiro atoms. The third-order valence-corrected chi connectivity index (χ3v) is 6.11. The van der Waals surface area contributed by atoms with E-state index in [0.29, 0.717) is 11.5 Å². The van der Waals surface area contributed by atoms with E-state index < -0.39 is 5.97 Å². The highest BCUT2D eigenvalue weighted by Gasteiger charge is 2.26. The van der Waals surface area contributed by atoms with Crippen LogP contribution in [0, 0.1) is 6.92 Å². The maximum absolute atomic E-state index is 11.1. The van der Waals surface area contributed by atoms with Crippen molar-refractivity contribution >= 4 is 23.4 Å². The lowest BCUT2D eigenvalue weighted by atomic mass is 9.92. The molecule has 0 saturated carbocycles. The summed E-state index contributed by atoms with van der Waals surface area (Å²) in [5.74, 6) is -0.258. The monoisotopic (exact) mass is 434 g/mol. The summed E-state index contributed by atoms with van der Waals surface area (Å²) in [6, 6.07) is 16.8. The van der Waals surface area contributed by atoms with E-state index >= 15 is 0 Å². The standard InChI is InChI=1S/C24H26N4O2S/c1-15-6-5-7-17(12-15)13-16-8-10-18(11-9-16)22-25-23-20(31-14-19(29)30)21(24(2,3)4)26-28(23)27-22/h5-12,26H,13-14H2,1-4H3,(H,29,30). The largest absolute Gasteiger partial charge is 0.481 e. The third-order valence-electron chi connectivity index (χ3n) is 5.05. The second-order valence-electron chi connectivity index (χ2n) is 8.78. The van der Waals surface area contributed by atoms with E-state index in [-0.39, 0.29) is 11.2 Å². The summed E-state index contributed by atoms with van der Waals surface area (Å²) in [4.78, 5) is 16.7. The van der Waals surface area contributed by atoms with Gasteiger partial charge in [0.2, 0.25) is 0 Å². The SMILES string of the molecule is Cc1cccc(Cc2ccc(-c3nc4c(SCC(=O)O)c(C(C)(C)C)[nH]n4n3)cc2)c1. The highest BCUT2D eigenvalue weighted by atomic mass is 32.2. The Bertz CT molecular complexity index is 1230. The van der Waals surface area contributed by atoms with Gasteiger partial charge in [0.05, 0.1) is 16.3 Å². The van der Waals surface area contributed by atoms with Gasteiger partial charge < -0.3 is 5.11 Å². The average molecular weight is 435 g/mol. The Labute approximate surface area is 185 Å². The fourth-order valence-corrected chi connectivity index (χ4v) is 4.56. The van der Waals surface area contributed by atoms with Gasteiger partial charge in [-0.2, -0.15) is 4.63 Å². The summed E-state index contributed by atoms with van der Waals surface area (Å²) in [5.41, 5.74) is 6.13. The van der Waals surface area contributed by atoms with E-state index in [1.807, 2.05) is 12.1 Å². The number of hydrogen-bond donors (Lipinski definition) is 2. The van der Waals surface area contributed by atoms with Crippen molar-refractivity contribution in [2.75, 3.05) is 5.75 Å². The molecule has 0 amide bonds. The molecule has 7 heteroatoms. The van der Waals surface area contributed by atoms with Gasteiger partial charge >= 0.3 is 5.97 Å². The number of aromatic nitrogens is 4. The van der Waals surface area contributed by atoms with Crippen LogP contribution in [0.1, 0.15) is 43.2 Å². The summed E-state index contributed by atoms with van der Waals surface area (Å²) >= 11 is 1.28. The number of benzene rings is 2. The molecule has 2 heterocycles. The van der Waals surface area contributed by atoms with E-state index in [1.54, 1.807) is 4.63 Å². The Kier molecular flexibility index (Phi) is 5.62. The van der Waals surface area contributed by atoms with Gasteiger partial charge in [-0.1, -0.05) is 74.9 Å². The number of fused-ring (bicyclic) bond motifs is 1. The first-order chi connectivity index (χ1) is 14.7. The van der Waals surface area contributed by atoms with Crippen molar-refractivity contribution < 1.29 is 9.90 Å². The number of hydrogen-bond acceptors (Lipinski definition) is 4. The van der Waals surface area contributed by atoms with Crippen LogP contribution in [0.5, 0.6) is 0 Å². The zero-order valence-electron chi connectivity index (χ0n) is 18.1. The fraction of sp³-hybridized carbons (Fsp3) is 0.292.